The van der Waals surface area contributed by atoms with Gasteiger partial charge in [-0.1, -0.05) is 0 Å². The molecule has 3 aromatic rings. The maximum absolute atomic E-state index is 11.9. The standard InChI is InChI=1S/C14H13N3O5/c1-20-9-5-8-6(10(21-2)11(9)22-3)4-7-12(15-8)16-14(19)17-13(7)18/h4-5H,1-3H3,(H2,15,16,17,18,19). The van der Waals surface area contributed by atoms with Crippen LogP contribution in [-0.2, 0) is 0 Å². The Hall–Kier alpha value is -3.03. The SMILES string of the molecule is COc1cc2nc3[nH]c(=O)[nH]c(=O)c3cc2c(OC)c1OC. The van der Waals surface area contributed by atoms with Crippen molar-refractivity contribution in [3.8, 4) is 17.2 Å². The molecule has 0 fully saturated rings. The highest BCUT2D eigenvalue weighted by atomic mass is 16.5. The van der Waals surface area contributed by atoms with Crippen molar-refractivity contribution >= 4 is 21.9 Å². The van der Waals surface area contributed by atoms with Crippen molar-refractivity contribution in [2.24, 2.45) is 0 Å². The van der Waals surface area contributed by atoms with E-state index in [-0.39, 0.29) is 11.0 Å². The second-order valence-corrected chi connectivity index (χ2v) is 4.50. The third kappa shape index (κ3) is 1.96. The van der Waals surface area contributed by atoms with Gasteiger partial charge in [-0.3, -0.25) is 14.8 Å². The molecule has 0 radical (unpaired) electrons. The normalized spacial score (nSPS) is 10.9. The van der Waals surface area contributed by atoms with E-state index in [1.807, 2.05) is 0 Å². The van der Waals surface area contributed by atoms with Gasteiger partial charge >= 0.3 is 5.69 Å². The van der Waals surface area contributed by atoms with Crippen LogP contribution >= 0.6 is 0 Å². The molecule has 2 aromatic heterocycles. The van der Waals surface area contributed by atoms with Gasteiger partial charge in [0.05, 0.1) is 32.2 Å². The number of hydrogen-bond acceptors (Lipinski definition) is 6. The Kier molecular flexibility index (Phi) is 3.21. The lowest BCUT2D eigenvalue weighted by Gasteiger charge is -2.14. The van der Waals surface area contributed by atoms with Gasteiger partial charge in [-0.25, -0.2) is 9.78 Å². The first-order chi connectivity index (χ1) is 10.6. The summed E-state index contributed by atoms with van der Waals surface area (Å²) in [5, 5.41) is 0.822. The molecule has 0 aliphatic carbocycles. The monoisotopic (exact) mass is 303 g/mol. The summed E-state index contributed by atoms with van der Waals surface area (Å²) in [5.74, 6) is 1.24. The van der Waals surface area contributed by atoms with E-state index in [2.05, 4.69) is 15.0 Å². The number of nitrogens with zero attached hydrogens (tertiary/aromatic N) is 1. The molecule has 0 saturated heterocycles. The lowest BCUT2D eigenvalue weighted by Crippen LogP contribution is -2.22. The number of pyridine rings is 1. The van der Waals surface area contributed by atoms with Crippen molar-refractivity contribution in [1.82, 2.24) is 15.0 Å². The molecule has 0 aliphatic rings. The highest BCUT2D eigenvalue weighted by Gasteiger charge is 2.18. The molecule has 1 aromatic carbocycles. The van der Waals surface area contributed by atoms with Crippen LogP contribution in [0.3, 0.4) is 0 Å². The summed E-state index contributed by atoms with van der Waals surface area (Å²) in [6.07, 6.45) is 0. The van der Waals surface area contributed by atoms with Crippen LogP contribution in [-0.4, -0.2) is 36.3 Å². The first-order valence-electron chi connectivity index (χ1n) is 6.35. The molecule has 0 bridgehead atoms. The number of hydrogen-bond donors (Lipinski definition) is 2. The van der Waals surface area contributed by atoms with Gasteiger partial charge in [0.25, 0.3) is 5.56 Å². The van der Waals surface area contributed by atoms with E-state index >= 15 is 0 Å². The zero-order chi connectivity index (χ0) is 15.9. The second-order valence-electron chi connectivity index (χ2n) is 4.50. The number of aromatic amines is 2. The Morgan fingerprint density at radius 1 is 0.909 bits per heavy atom. The van der Waals surface area contributed by atoms with Crippen LogP contribution < -0.4 is 25.5 Å². The van der Waals surface area contributed by atoms with Crippen molar-refractivity contribution in [1.29, 1.82) is 0 Å². The Bertz CT molecular complexity index is 990. The summed E-state index contributed by atoms with van der Waals surface area (Å²) < 4.78 is 15.9. The zero-order valence-electron chi connectivity index (χ0n) is 12.1. The molecule has 0 saturated carbocycles. The van der Waals surface area contributed by atoms with Crippen LogP contribution in [0.15, 0.2) is 21.7 Å². The summed E-state index contributed by atoms with van der Waals surface area (Å²) >= 11 is 0. The summed E-state index contributed by atoms with van der Waals surface area (Å²) in [4.78, 5) is 32.2. The van der Waals surface area contributed by atoms with Crippen molar-refractivity contribution in [3.05, 3.63) is 33.0 Å². The van der Waals surface area contributed by atoms with Gasteiger partial charge in [-0.15, -0.1) is 0 Å². The van der Waals surface area contributed by atoms with Gasteiger partial charge in [0.1, 0.15) is 5.65 Å². The number of ether oxygens (including phenoxy) is 3. The van der Waals surface area contributed by atoms with Crippen LogP contribution in [0.4, 0.5) is 0 Å². The Morgan fingerprint density at radius 2 is 1.64 bits per heavy atom. The molecule has 114 valence electrons. The second kappa shape index (κ2) is 5.06. The molecule has 2 N–H and O–H groups in total. The third-order valence-corrected chi connectivity index (χ3v) is 3.33. The third-order valence-electron chi connectivity index (χ3n) is 3.33. The van der Waals surface area contributed by atoms with Crippen molar-refractivity contribution in [2.75, 3.05) is 21.3 Å². The van der Waals surface area contributed by atoms with Crippen molar-refractivity contribution in [2.45, 2.75) is 0 Å². The van der Waals surface area contributed by atoms with E-state index in [4.69, 9.17) is 14.2 Å². The summed E-state index contributed by atoms with van der Waals surface area (Å²) in [7, 11) is 4.47. The van der Waals surface area contributed by atoms with E-state index in [9.17, 15) is 9.59 Å². The topological polar surface area (TPSA) is 106 Å². The quantitative estimate of drug-likeness (QED) is 0.693. The van der Waals surface area contributed by atoms with E-state index < -0.39 is 11.2 Å². The van der Waals surface area contributed by atoms with E-state index in [1.54, 1.807) is 12.1 Å². The average molecular weight is 303 g/mol. The Labute approximate surface area is 123 Å². The number of methoxy groups -OCH3 is 3. The van der Waals surface area contributed by atoms with E-state index in [0.29, 0.717) is 28.2 Å². The lowest BCUT2D eigenvalue weighted by atomic mass is 10.1. The van der Waals surface area contributed by atoms with E-state index in [0.717, 1.165) is 0 Å². The maximum atomic E-state index is 11.9. The molecule has 0 spiro atoms. The highest BCUT2D eigenvalue weighted by Crippen LogP contribution is 2.43. The van der Waals surface area contributed by atoms with Gasteiger partial charge in [0.2, 0.25) is 5.75 Å². The minimum atomic E-state index is -0.614. The molecule has 22 heavy (non-hydrogen) atoms. The minimum Gasteiger partial charge on any atom is -0.493 e. The number of benzene rings is 1. The van der Waals surface area contributed by atoms with Gasteiger partial charge in [-0.2, -0.15) is 0 Å². The fraction of sp³-hybridized carbons (Fsp3) is 0.214. The fourth-order valence-corrected chi connectivity index (χ4v) is 2.37. The summed E-state index contributed by atoms with van der Waals surface area (Å²) in [6.45, 7) is 0. The number of aromatic nitrogens is 3. The maximum Gasteiger partial charge on any atom is 0.327 e. The van der Waals surface area contributed by atoms with E-state index in [1.165, 1.54) is 21.3 Å². The smallest absolute Gasteiger partial charge is 0.327 e. The molecular weight excluding hydrogens is 290 g/mol. The molecule has 3 rings (SSSR count). The molecule has 8 heteroatoms. The number of fused-ring (bicyclic) bond motifs is 2. The van der Waals surface area contributed by atoms with Gasteiger partial charge in [0, 0.05) is 11.5 Å². The largest absolute Gasteiger partial charge is 0.493 e. The molecule has 0 atom stereocenters. The van der Waals surface area contributed by atoms with Crippen LogP contribution in [0.25, 0.3) is 21.9 Å². The van der Waals surface area contributed by atoms with Gasteiger partial charge < -0.3 is 14.2 Å². The van der Waals surface area contributed by atoms with Crippen LogP contribution in [0, 0.1) is 0 Å². The van der Waals surface area contributed by atoms with Crippen LogP contribution in [0.5, 0.6) is 17.2 Å². The predicted octanol–water partition coefficient (Wildman–Crippen LogP) is 0.790. The molecule has 0 amide bonds. The number of H-pyrrole nitrogens is 2. The first kappa shape index (κ1) is 13.9. The highest BCUT2D eigenvalue weighted by molar-refractivity contribution is 5.97. The Morgan fingerprint density at radius 3 is 2.27 bits per heavy atom. The minimum absolute atomic E-state index is 0.190. The Balaban J connectivity index is 2.53. The summed E-state index contributed by atoms with van der Waals surface area (Å²) in [6, 6.07) is 3.24. The van der Waals surface area contributed by atoms with Crippen LogP contribution in [0.1, 0.15) is 0 Å². The zero-order valence-corrected chi connectivity index (χ0v) is 12.1. The molecule has 0 unspecified atom stereocenters. The van der Waals surface area contributed by atoms with Gasteiger partial charge in [-0.05, 0) is 6.07 Å². The van der Waals surface area contributed by atoms with Gasteiger partial charge in [0.15, 0.2) is 11.5 Å². The van der Waals surface area contributed by atoms with Crippen molar-refractivity contribution in [3.63, 3.8) is 0 Å². The lowest BCUT2D eigenvalue weighted by molar-refractivity contribution is 0.327. The average Bonchev–Trinajstić information content (AvgIpc) is 2.51. The first-order valence-corrected chi connectivity index (χ1v) is 6.35. The molecule has 2 heterocycles. The van der Waals surface area contributed by atoms with Crippen LogP contribution in [0.2, 0.25) is 0 Å². The van der Waals surface area contributed by atoms with Crippen molar-refractivity contribution < 1.29 is 14.2 Å². The molecular formula is C14H13N3O5. The number of nitrogens with one attached hydrogen (secondary N) is 2. The fourth-order valence-electron chi connectivity index (χ4n) is 2.37. The molecule has 0 aliphatic heterocycles. The molecule has 8 nitrogen and oxygen atoms in total. The summed E-state index contributed by atoms with van der Waals surface area (Å²) in [5.41, 5.74) is -0.444. The number of rotatable bonds is 3. The predicted molar refractivity (Wildman–Crippen MR) is 80.1 cm³/mol.